The summed E-state index contributed by atoms with van der Waals surface area (Å²) < 4.78 is 1.29. The molecule has 0 saturated carbocycles. The molecule has 0 atom stereocenters. The molecule has 102 valence electrons. The van der Waals surface area contributed by atoms with Crippen LogP contribution in [0.2, 0.25) is 0 Å². The van der Waals surface area contributed by atoms with Crippen molar-refractivity contribution in [2.24, 2.45) is 0 Å². The third-order valence-corrected chi connectivity index (χ3v) is 4.68. The van der Waals surface area contributed by atoms with Gasteiger partial charge in [0.1, 0.15) is 0 Å². The van der Waals surface area contributed by atoms with Gasteiger partial charge in [0.2, 0.25) is 0 Å². The van der Waals surface area contributed by atoms with Crippen molar-refractivity contribution in [3.05, 3.63) is 46.4 Å². The van der Waals surface area contributed by atoms with Gasteiger partial charge in [0.15, 0.2) is 0 Å². The highest BCUT2D eigenvalue weighted by Crippen LogP contribution is 2.28. The minimum Gasteiger partial charge on any atom is -0.0654 e. The first-order valence-electron chi connectivity index (χ1n) is 7.49. The van der Waals surface area contributed by atoms with E-state index in [0.29, 0.717) is 0 Å². The average Bonchev–Trinajstić information content (AvgIpc) is 2.45. The molecular weight excluding hydrogens is 296 g/mol. The summed E-state index contributed by atoms with van der Waals surface area (Å²) in [4.78, 5) is 0. The molecule has 0 heterocycles. The molecule has 0 fully saturated rings. The van der Waals surface area contributed by atoms with E-state index in [0.717, 1.165) is 0 Å². The molecule has 1 heteroatoms. The predicted molar refractivity (Wildman–Crippen MR) is 88.7 cm³/mol. The Labute approximate surface area is 125 Å². The summed E-state index contributed by atoms with van der Waals surface area (Å²) in [6.45, 7) is 2.27. The quantitative estimate of drug-likeness (QED) is 0.511. The van der Waals surface area contributed by atoms with Crippen molar-refractivity contribution >= 4 is 26.7 Å². The van der Waals surface area contributed by atoms with Crippen LogP contribution in [0.4, 0.5) is 0 Å². The smallest absolute Gasteiger partial charge is 0.0285 e. The van der Waals surface area contributed by atoms with Crippen molar-refractivity contribution in [2.75, 3.05) is 0 Å². The largest absolute Gasteiger partial charge is 0.0654 e. The van der Waals surface area contributed by atoms with Gasteiger partial charge in [-0.1, -0.05) is 75.4 Å². The van der Waals surface area contributed by atoms with Gasteiger partial charge in [-0.2, -0.15) is 0 Å². The molecule has 0 spiro atoms. The zero-order chi connectivity index (χ0) is 13.5. The lowest BCUT2D eigenvalue weighted by atomic mass is 10.0. The van der Waals surface area contributed by atoms with Crippen LogP contribution in [-0.4, -0.2) is 0 Å². The lowest BCUT2D eigenvalue weighted by Crippen LogP contribution is -1.89. The molecule has 0 nitrogen and oxygen atoms in total. The molecule has 2 aromatic carbocycles. The molecule has 0 aliphatic rings. The first kappa shape index (κ1) is 14.6. The summed E-state index contributed by atoms with van der Waals surface area (Å²) in [7, 11) is 0. The Kier molecular flexibility index (Phi) is 5.91. The Hall–Kier alpha value is -0.820. The van der Waals surface area contributed by atoms with Crippen LogP contribution in [0.15, 0.2) is 40.9 Å². The number of hydrogen-bond acceptors (Lipinski definition) is 0. The van der Waals surface area contributed by atoms with Gasteiger partial charge in [0.05, 0.1) is 0 Å². The van der Waals surface area contributed by atoms with Gasteiger partial charge in [0, 0.05) is 4.47 Å². The second-order valence-corrected chi connectivity index (χ2v) is 6.07. The van der Waals surface area contributed by atoms with Crippen LogP contribution in [0.3, 0.4) is 0 Å². The summed E-state index contributed by atoms with van der Waals surface area (Å²) in [6.07, 6.45) is 9.36. The van der Waals surface area contributed by atoms with Crippen molar-refractivity contribution in [2.45, 2.75) is 51.9 Å². The molecule has 0 aliphatic carbocycles. The monoisotopic (exact) mass is 318 g/mol. The topological polar surface area (TPSA) is 0 Å². The van der Waals surface area contributed by atoms with E-state index in [9.17, 15) is 0 Å². The SMILES string of the molecule is CCCCCCCCc1ccc2ccccc2c1Br. The Morgan fingerprint density at radius 1 is 0.842 bits per heavy atom. The summed E-state index contributed by atoms with van der Waals surface area (Å²) in [6, 6.07) is 13.1. The number of aryl methyl sites for hydroxylation is 1. The van der Waals surface area contributed by atoms with E-state index in [1.54, 1.807) is 0 Å². The van der Waals surface area contributed by atoms with E-state index >= 15 is 0 Å². The van der Waals surface area contributed by atoms with Gasteiger partial charge in [-0.3, -0.25) is 0 Å². The van der Waals surface area contributed by atoms with Gasteiger partial charge in [-0.05, 0) is 45.1 Å². The highest BCUT2D eigenvalue weighted by molar-refractivity contribution is 9.10. The number of fused-ring (bicyclic) bond motifs is 1. The van der Waals surface area contributed by atoms with E-state index in [1.165, 1.54) is 65.8 Å². The van der Waals surface area contributed by atoms with Gasteiger partial charge >= 0.3 is 0 Å². The fourth-order valence-corrected chi connectivity index (χ4v) is 3.26. The Bertz CT molecular complexity index is 516. The molecule has 0 amide bonds. The molecular formula is C18H23Br. The fourth-order valence-electron chi connectivity index (χ4n) is 2.57. The highest BCUT2D eigenvalue weighted by Gasteiger charge is 2.04. The van der Waals surface area contributed by atoms with Crippen molar-refractivity contribution < 1.29 is 0 Å². The molecule has 0 saturated heterocycles. The van der Waals surface area contributed by atoms with Gasteiger partial charge < -0.3 is 0 Å². The molecule has 0 radical (unpaired) electrons. The Morgan fingerprint density at radius 3 is 2.42 bits per heavy atom. The zero-order valence-electron chi connectivity index (χ0n) is 11.8. The Balaban J connectivity index is 1.92. The van der Waals surface area contributed by atoms with Crippen molar-refractivity contribution in [1.82, 2.24) is 0 Å². The molecule has 0 aliphatic heterocycles. The number of unbranched alkanes of at least 4 members (excludes halogenated alkanes) is 5. The van der Waals surface area contributed by atoms with E-state index in [1.807, 2.05) is 0 Å². The van der Waals surface area contributed by atoms with Crippen LogP contribution in [0, 0.1) is 0 Å². The van der Waals surface area contributed by atoms with Crippen LogP contribution in [0.1, 0.15) is 51.0 Å². The minimum absolute atomic E-state index is 1.19. The van der Waals surface area contributed by atoms with E-state index in [2.05, 4.69) is 59.3 Å². The fraction of sp³-hybridized carbons (Fsp3) is 0.444. The summed E-state index contributed by atoms with van der Waals surface area (Å²) in [5.74, 6) is 0. The molecule has 0 aromatic heterocycles. The molecule has 0 bridgehead atoms. The third-order valence-electron chi connectivity index (χ3n) is 3.74. The van der Waals surface area contributed by atoms with Crippen molar-refractivity contribution in [1.29, 1.82) is 0 Å². The second-order valence-electron chi connectivity index (χ2n) is 5.28. The van der Waals surface area contributed by atoms with Crippen LogP contribution in [-0.2, 0) is 6.42 Å². The van der Waals surface area contributed by atoms with E-state index in [4.69, 9.17) is 0 Å². The van der Waals surface area contributed by atoms with Gasteiger partial charge in [-0.25, -0.2) is 0 Å². The molecule has 0 N–H and O–H groups in total. The van der Waals surface area contributed by atoms with E-state index in [-0.39, 0.29) is 0 Å². The molecule has 2 aromatic rings. The molecule has 0 unspecified atom stereocenters. The highest BCUT2D eigenvalue weighted by atomic mass is 79.9. The molecule has 19 heavy (non-hydrogen) atoms. The lowest BCUT2D eigenvalue weighted by Gasteiger charge is -2.08. The summed E-state index contributed by atoms with van der Waals surface area (Å²) in [5, 5.41) is 2.66. The number of rotatable bonds is 7. The maximum absolute atomic E-state index is 3.78. The van der Waals surface area contributed by atoms with Crippen LogP contribution < -0.4 is 0 Å². The van der Waals surface area contributed by atoms with Crippen LogP contribution >= 0.6 is 15.9 Å². The minimum atomic E-state index is 1.19. The molecule has 2 rings (SSSR count). The summed E-state index contributed by atoms with van der Waals surface area (Å²) in [5.41, 5.74) is 1.45. The van der Waals surface area contributed by atoms with Gasteiger partial charge in [-0.15, -0.1) is 0 Å². The van der Waals surface area contributed by atoms with E-state index < -0.39 is 0 Å². The van der Waals surface area contributed by atoms with Crippen molar-refractivity contribution in [3.63, 3.8) is 0 Å². The maximum atomic E-state index is 3.78. The van der Waals surface area contributed by atoms with Gasteiger partial charge in [0.25, 0.3) is 0 Å². The van der Waals surface area contributed by atoms with Crippen molar-refractivity contribution in [3.8, 4) is 0 Å². The Morgan fingerprint density at radius 2 is 1.58 bits per heavy atom. The number of benzene rings is 2. The maximum Gasteiger partial charge on any atom is 0.0285 e. The average molecular weight is 319 g/mol. The standard InChI is InChI=1S/C18H23Br/c1-2-3-4-5-6-7-11-16-14-13-15-10-8-9-12-17(15)18(16)19/h8-10,12-14H,2-7,11H2,1H3. The van der Waals surface area contributed by atoms with Crippen LogP contribution in [0.5, 0.6) is 0 Å². The second kappa shape index (κ2) is 7.69. The first-order valence-corrected chi connectivity index (χ1v) is 8.28. The van der Waals surface area contributed by atoms with Crippen LogP contribution in [0.25, 0.3) is 10.8 Å². The number of halogens is 1. The third kappa shape index (κ3) is 4.07. The number of hydrogen-bond donors (Lipinski definition) is 0. The lowest BCUT2D eigenvalue weighted by molar-refractivity contribution is 0.607. The summed E-state index contributed by atoms with van der Waals surface area (Å²) >= 11 is 3.78. The normalized spacial score (nSPS) is 11.1. The predicted octanol–water partition coefficient (Wildman–Crippen LogP) is 6.51. The first-order chi connectivity index (χ1) is 9.33. The zero-order valence-corrected chi connectivity index (χ0v) is 13.4.